The first-order valence-electron chi connectivity index (χ1n) is 8.95. The Morgan fingerprint density at radius 1 is 0.556 bits per heavy atom. The SMILES string of the molecule is Nc1ccc2c(ccc3c4ccc(C(=O)c5ccccc5)cc4ccc23)c1. The predicted octanol–water partition coefficient (Wildman–Crippen LogP) is 5.96. The van der Waals surface area contributed by atoms with Crippen LogP contribution < -0.4 is 5.73 Å². The highest BCUT2D eigenvalue weighted by molar-refractivity contribution is 6.19. The van der Waals surface area contributed by atoms with Crippen molar-refractivity contribution in [2.75, 3.05) is 5.73 Å². The maximum atomic E-state index is 12.7. The molecule has 0 bridgehead atoms. The molecule has 2 N–H and O–H groups in total. The van der Waals surface area contributed by atoms with Crippen molar-refractivity contribution in [3.63, 3.8) is 0 Å². The number of rotatable bonds is 2. The van der Waals surface area contributed by atoms with Gasteiger partial charge in [-0.3, -0.25) is 4.79 Å². The van der Waals surface area contributed by atoms with Crippen molar-refractivity contribution in [2.45, 2.75) is 0 Å². The zero-order valence-electron chi connectivity index (χ0n) is 14.6. The van der Waals surface area contributed by atoms with Gasteiger partial charge in [-0.25, -0.2) is 0 Å². The minimum Gasteiger partial charge on any atom is -0.399 e. The number of fused-ring (bicyclic) bond motifs is 5. The standard InChI is InChI=1S/C25H17NO/c26-20-9-13-22-18(15-20)7-12-23-21-10-8-19(14-17(21)6-11-24(22)23)25(27)16-4-2-1-3-5-16/h1-15H,26H2. The van der Waals surface area contributed by atoms with Crippen LogP contribution in [0, 0.1) is 0 Å². The van der Waals surface area contributed by atoms with Crippen LogP contribution in [0.5, 0.6) is 0 Å². The number of nitrogen functional groups attached to an aromatic ring is 1. The Morgan fingerprint density at radius 2 is 1.15 bits per heavy atom. The largest absolute Gasteiger partial charge is 0.399 e. The highest BCUT2D eigenvalue weighted by Crippen LogP contribution is 2.32. The van der Waals surface area contributed by atoms with E-state index >= 15 is 0 Å². The molecular weight excluding hydrogens is 330 g/mol. The van der Waals surface area contributed by atoms with Crippen molar-refractivity contribution in [1.29, 1.82) is 0 Å². The number of carbonyl (C=O) groups is 1. The molecule has 128 valence electrons. The number of hydrogen-bond acceptors (Lipinski definition) is 2. The lowest BCUT2D eigenvalue weighted by Crippen LogP contribution is -2.00. The Kier molecular flexibility index (Phi) is 3.44. The summed E-state index contributed by atoms with van der Waals surface area (Å²) < 4.78 is 0. The second kappa shape index (κ2) is 5.96. The van der Waals surface area contributed by atoms with E-state index in [2.05, 4.69) is 36.4 Å². The van der Waals surface area contributed by atoms with Crippen LogP contribution in [-0.4, -0.2) is 5.78 Å². The highest BCUT2D eigenvalue weighted by atomic mass is 16.1. The second-order valence-corrected chi connectivity index (χ2v) is 6.84. The van der Waals surface area contributed by atoms with Crippen LogP contribution in [0.2, 0.25) is 0 Å². The van der Waals surface area contributed by atoms with Crippen LogP contribution in [0.1, 0.15) is 15.9 Å². The topological polar surface area (TPSA) is 43.1 Å². The second-order valence-electron chi connectivity index (χ2n) is 6.84. The van der Waals surface area contributed by atoms with Crippen molar-refractivity contribution < 1.29 is 4.79 Å². The summed E-state index contributed by atoms with van der Waals surface area (Å²) in [5.41, 5.74) is 8.11. The fraction of sp³-hybridized carbons (Fsp3) is 0. The Labute approximate surface area is 156 Å². The molecule has 2 heteroatoms. The summed E-state index contributed by atoms with van der Waals surface area (Å²) in [7, 11) is 0. The maximum absolute atomic E-state index is 12.7. The van der Waals surface area contributed by atoms with Crippen molar-refractivity contribution >= 4 is 43.8 Å². The molecule has 0 unspecified atom stereocenters. The minimum atomic E-state index is 0.0478. The summed E-state index contributed by atoms with van der Waals surface area (Å²) in [6.07, 6.45) is 0. The Bertz CT molecular complexity index is 1340. The van der Waals surface area contributed by atoms with Gasteiger partial charge in [0.25, 0.3) is 0 Å². The van der Waals surface area contributed by atoms with Gasteiger partial charge in [0.2, 0.25) is 0 Å². The fourth-order valence-electron chi connectivity index (χ4n) is 3.80. The molecule has 2 nitrogen and oxygen atoms in total. The molecule has 0 saturated heterocycles. The molecule has 0 amide bonds. The quantitative estimate of drug-likeness (QED) is 0.243. The number of carbonyl (C=O) groups excluding carboxylic acids is 1. The van der Waals surface area contributed by atoms with E-state index in [0.717, 1.165) is 21.8 Å². The number of anilines is 1. The van der Waals surface area contributed by atoms with E-state index in [1.165, 1.54) is 16.2 Å². The Hall–Kier alpha value is -3.65. The molecule has 0 fully saturated rings. The third-order valence-electron chi connectivity index (χ3n) is 5.15. The molecule has 5 aromatic carbocycles. The van der Waals surface area contributed by atoms with Gasteiger partial charge in [-0.15, -0.1) is 0 Å². The van der Waals surface area contributed by atoms with Crippen molar-refractivity contribution in [2.24, 2.45) is 0 Å². The van der Waals surface area contributed by atoms with Crippen molar-refractivity contribution in [3.05, 3.63) is 102 Å². The first-order valence-corrected chi connectivity index (χ1v) is 8.95. The van der Waals surface area contributed by atoms with Crippen molar-refractivity contribution in [3.8, 4) is 0 Å². The van der Waals surface area contributed by atoms with Crippen LogP contribution in [0.4, 0.5) is 5.69 Å². The lowest BCUT2D eigenvalue weighted by atomic mass is 9.94. The van der Waals surface area contributed by atoms with E-state index in [-0.39, 0.29) is 5.78 Å². The third kappa shape index (κ3) is 2.54. The van der Waals surface area contributed by atoms with Crippen LogP contribution in [0.15, 0.2) is 91.0 Å². The summed E-state index contributed by atoms with van der Waals surface area (Å²) in [5.74, 6) is 0.0478. The first-order chi connectivity index (χ1) is 13.2. The molecule has 5 rings (SSSR count). The summed E-state index contributed by atoms with van der Waals surface area (Å²) in [5, 5.41) is 6.92. The molecule has 0 aliphatic carbocycles. The van der Waals surface area contributed by atoms with E-state index in [0.29, 0.717) is 11.1 Å². The average molecular weight is 347 g/mol. The van der Waals surface area contributed by atoms with Gasteiger partial charge in [0.05, 0.1) is 0 Å². The molecule has 0 aliphatic rings. The third-order valence-corrected chi connectivity index (χ3v) is 5.15. The molecule has 0 aliphatic heterocycles. The molecular formula is C25H17NO. The zero-order valence-corrected chi connectivity index (χ0v) is 14.6. The van der Waals surface area contributed by atoms with Crippen LogP contribution in [-0.2, 0) is 0 Å². The Balaban J connectivity index is 1.71. The summed E-state index contributed by atoms with van der Waals surface area (Å²) >= 11 is 0. The van der Waals surface area contributed by atoms with E-state index in [4.69, 9.17) is 5.73 Å². The molecule has 27 heavy (non-hydrogen) atoms. The van der Waals surface area contributed by atoms with Crippen LogP contribution in [0.25, 0.3) is 32.3 Å². The number of nitrogens with two attached hydrogens (primary N) is 1. The van der Waals surface area contributed by atoms with E-state index < -0.39 is 0 Å². The van der Waals surface area contributed by atoms with Gasteiger partial charge in [0.1, 0.15) is 0 Å². The number of hydrogen-bond donors (Lipinski definition) is 1. The van der Waals surface area contributed by atoms with Gasteiger partial charge >= 0.3 is 0 Å². The summed E-state index contributed by atoms with van der Waals surface area (Å²) in [6, 6.07) is 29.8. The van der Waals surface area contributed by atoms with E-state index in [9.17, 15) is 4.79 Å². The smallest absolute Gasteiger partial charge is 0.193 e. The van der Waals surface area contributed by atoms with E-state index in [1.54, 1.807) is 0 Å². The molecule has 0 atom stereocenters. The summed E-state index contributed by atoms with van der Waals surface area (Å²) in [4.78, 5) is 12.7. The lowest BCUT2D eigenvalue weighted by molar-refractivity contribution is 0.103. The average Bonchev–Trinajstić information content (AvgIpc) is 2.72. The van der Waals surface area contributed by atoms with Gasteiger partial charge in [-0.05, 0) is 50.5 Å². The molecule has 0 spiro atoms. The number of benzene rings is 5. The lowest BCUT2D eigenvalue weighted by Gasteiger charge is -2.09. The summed E-state index contributed by atoms with van der Waals surface area (Å²) in [6.45, 7) is 0. The van der Waals surface area contributed by atoms with Gasteiger partial charge in [0, 0.05) is 16.8 Å². The molecule has 0 radical (unpaired) electrons. The van der Waals surface area contributed by atoms with Crippen LogP contribution >= 0.6 is 0 Å². The van der Waals surface area contributed by atoms with Crippen molar-refractivity contribution in [1.82, 2.24) is 0 Å². The minimum absolute atomic E-state index is 0.0478. The van der Waals surface area contributed by atoms with Gasteiger partial charge in [0.15, 0.2) is 5.78 Å². The normalized spacial score (nSPS) is 11.3. The van der Waals surface area contributed by atoms with Gasteiger partial charge in [-0.1, -0.05) is 72.8 Å². The zero-order chi connectivity index (χ0) is 18.4. The maximum Gasteiger partial charge on any atom is 0.193 e. The first kappa shape index (κ1) is 15.6. The number of ketones is 1. The monoisotopic (exact) mass is 347 g/mol. The highest BCUT2D eigenvalue weighted by Gasteiger charge is 2.11. The van der Waals surface area contributed by atoms with Crippen LogP contribution in [0.3, 0.4) is 0 Å². The molecule has 0 aromatic heterocycles. The van der Waals surface area contributed by atoms with Gasteiger partial charge < -0.3 is 5.73 Å². The van der Waals surface area contributed by atoms with Gasteiger partial charge in [-0.2, -0.15) is 0 Å². The predicted molar refractivity (Wildman–Crippen MR) is 113 cm³/mol. The molecule has 5 aromatic rings. The molecule has 0 saturated carbocycles. The van der Waals surface area contributed by atoms with E-state index in [1.807, 2.05) is 54.6 Å². The fourth-order valence-corrected chi connectivity index (χ4v) is 3.80. The molecule has 0 heterocycles. The Morgan fingerprint density at radius 3 is 1.85 bits per heavy atom.